The zero-order valence-corrected chi connectivity index (χ0v) is 17.0. The SMILES string of the molecule is N=Cc1cc(C(=O)Nc2cc(-c3ccco3)[nH]n2)cc(-c2cc3ccccc3s2)c1N. The Morgan fingerprint density at radius 3 is 2.81 bits per heavy atom. The number of fused-ring (bicyclic) bond motifs is 1. The van der Waals surface area contributed by atoms with Gasteiger partial charge in [-0.1, -0.05) is 18.2 Å². The predicted octanol–water partition coefficient (Wildman–Crippen LogP) is 5.38. The molecule has 0 fully saturated rings. The Bertz CT molecular complexity index is 1380. The van der Waals surface area contributed by atoms with Crippen molar-refractivity contribution < 1.29 is 9.21 Å². The third kappa shape index (κ3) is 3.49. The van der Waals surface area contributed by atoms with E-state index in [-0.39, 0.29) is 5.91 Å². The standard InChI is InChI=1S/C23H17N5O2S/c24-12-15-8-14(23(29)26-21-11-17(27-28-21)18-5-3-7-30-18)9-16(22(15)25)20-10-13-4-1-2-6-19(13)31-20/h1-12,24H,25H2,(H2,26,27,28,29). The Kier molecular flexibility index (Phi) is 4.61. The molecule has 0 atom stereocenters. The summed E-state index contributed by atoms with van der Waals surface area (Å²) in [6.45, 7) is 0. The normalized spacial score (nSPS) is 11.0. The molecule has 3 heterocycles. The van der Waals surface area contributed by atoms with Crippen molar-refractivity contribution in [1.82, 2.24) is 10.2 Å². The lowest BCUT2D eigenvalue weighted by atomic mass is 10.0. The third-order valence-corrected chi connectivity index (χ3v) is 6.08. The highest BCUT2D eigenvalue weighted by atomic mass is 32.1. The molecule has 1 amide bonds. The van der Waals surface area contributed by atoms with Crippen LogP contribution in [-0.2, 0) is 0 Å². The number of anilines is 2. The first-order valence-electron chi connectivity index (χ1n) is 9.46. The van der Waals surface area contributed by atoms with Gasteiger partial charge in [-0.25, -0.2) is 0 Å². The van der Waals surface area contributed by atoms with E-state index in [1.54, 1.807) is 47.9 Å². The number of rotatable bonds is 5. The summed E-state index contributed by atoms with van der Waals surface area (Å²) in [5.41, 5.74) is 9.05. The van der Waals surface area contributed by atoms with Crippen molar-refractivity contribution >= 4 is 45.0 Å². The number of hydrogen-bond acceptors (Lipinski definition) is 6. The quantitative estimate of drug-likeness (QED) is 0.222. The van der Waals surface area contributed by atoms with Crippen LogP contribution in [0.2, 0.25) is 0 Å². The maximum Gasteiger partial charge on any atom is 0.256 e. The minimum Gasteiger partial charge on any atom is -0.463 e. The first-order chi connectivity index (χ1) is 15.1. The number of benzene rings is 2. The van der Waals surface area contributed by atoms with Crippen LogP contribution in [0.25, 0.3) is 32.0 Å². The van der Waals surface area contributed by atoms with Crippen LogP contribution in [0.4, 0.5) is 11.5 Å². The highest BCUT2D eigenvalue weighted by molar-refractivity contribution is 7.22. The average Bonchev–Trinajstić information content (AvgIpc) is 3.53. The number of thiophene rings is 1. The Labute approximate surface area is 181 Å². The summed E-state index contributed by atoms with van der Waals surface area (Å²) in [5.74, 6) is 0.648. The smallest absolute Gasteiger partial charge is 0.256 e. The topological polar surface area (TPSA) is 121 Å². The summed E-state index contributed by atoms with van der Waals surface area (Å²) >= 11 is 1.60. The monoisotopic (exact) mass is 427 g/mol. The number of nitrogen functional groups attached to an aromatic ring is 1. The molecule has 3 aromatic heterocycles. The molecule has 0 saturated carbocycles. The lowest BCUT2D eigenvalue weighted by Gasteiger charge is -2.10. The zero-order valence-electron chi connectivity index (χ0n) is 16.2. The molecule has 2 aromatic carbocycles. The zero-order chi connectivity index (χ0) is 21.4. The van der Waals surface area contributed by atoms with Gasteiger partial charge in [0.15, 0.2) is 11.6 Å². The van der Waals surface area contributed by atoms with Gasteiger partial charge in [0.05, 0.1) is 6.26 Å². The van der Waals surface area contributed by atoms with Crippen LogP contribution in [0, 0.1) is 5.41 Å². The highest BCUT2D eigenvalue weighted by Crippen LogP contribution is 2.38. The second-order valence-electron chi connectivity index (χ2n) is 6.92. The number of aromatic nitrogens is 2. The molecule has 8 heteroatoms. The first kappa shape index (κ1) is 18.8. The number of amides is 1. The number of carbonyl (C=O) groups is 1. The second kappa shape index (κ2) is 7.58. The summed E-state index contributed by atoms with van der Waals surface area (Å²) in [4.78, 5) is 13.9. The van der Waals surface area contributed by atoms with Crippen molar-refractivity contribution in [3.8, 4) is 21.9 Å². The van der Waals surface area contributed by atoms with E-state index in [1.165, 1.54) is 0 Å². The van der Waals surface area contributed by atoms with Gasteiger partial charge in [0, 0.05) is 44.2 Å². The maximum absolute atomic E-state index is 12.9. The molecule has 7 nitrogen and oxygen atoms in total. The second-order valence-corrected chi connectivity index (χ2v) is 8.00. The molecule has 0 saturated heterocycles. The molecule has 0 aliphatic rings. The van der Waals surface area contributed by atoms with Gasteiger partial charge in [0.25, 0.3) is 5.91 Å². The minimum absolute atomic E-state index is 0.344. The molecule has 0 radical (unpaired) electrons. The third-order valence-electron chi connectivity index (χ3n) is 4.93. The van der Waals surface area contributed by atoms with Gasteiger partial charge in [-0.15, -0.1) is 11.3 Å². The summed E-state index contributed by atoms with van der Waals surface area (Å²) < 4.78 is 6.46. The van der Waals surface area contributed by atoms with E-state index in [2.05, 4.69) is 15.5 Å². The Hall–Kier alpha value is -4.17. The van der Waals surface area contributed by atoms with Gasteiger partial charge in [-0.2, -0.15) is 5.10 Å². The molecular formula is C23H17N5O2S. The molecular weight excluding hydrogens is 410 g/mol. The van der Waals surface area contributed by atoms with Crippen LogP contribution in [0.15, 0.2) is 71.3 Å². The molecule has 5 N–H and O–H groups in total. The van der Waals surface area contributed by atoms with E-state index >= 15 is 0 Å². The van der Waals surface area contributed by atoms with Crippen molar-refractivity contribution in [2.45, 2.75) is 0 Å². The summed E-state index contributed by atoms with van der Waals surface area (Å²) in [7, 11) is 0. The fourth-order valence-corrected chi connectivity index (χ4v) is 4.47. The number of hydrogen-bond donors (Lipinski definition) is 4. The minimum atomic E-state index is -0.344. The molecule has 0 unspecified atom stereocenters. The number of nitrogens with one attached hydrogen (secondary N) is 3. The van der Waals surface area contributed by atoms with Gasteiger partial charge in [-0.3, -0.25) is 9.89 Å². The molecule has 5 rings (SSSR count). The molecule has 0 aliphatic carbocycles. The number of H-pyrrole nitrogens is 1. The highest BCUT2D eigenvalue weighted by Gasteiger charge is 2.17. The molecule has 152 valence electrons. The van der Waals surface area contributed by atoms with E-state index in [0.29, 0.717) is 34.1 Å². The Morgan fingerprint density at radius 1 is 1.16 bits per heavy atom. The molecule has 5 aromatic rings. The Morgan fingerprint density at radius 2 is 2.03 bits per heavy atom. The fourth-order valence-electron chi connectivity index (χ4n) is 3.38. The largest absolute Gasteiger partial charge is 0.463 e. The van der Waals surface area contributed by atoms with Crippen LogP contribution in [0.1, 0.15) is 15.9 Å². The van der Waals surface area contributed by atoms with E-state index in [9.17, 15) is 4.79 Å². The van der Waals surface area contributed by atoms with E-state index in [0.717, 1.165) is 26.7 Å². The molecule has 0 aliphatic heterocycles. The fraction of sp³-hybridized carbons (Fsp3) is 0. The maximum atomic E-state index is 12.9. The summed E-state index contributed by atoms with van der Waals surface area (Å²) in [6, 6.07) is 18.7. The van der Waals surface area contributed by atoms with Crippen molar-refractivity contribution in [1.29, 1.82) is 5.41 Å². The number of furan rings is 1. The molecule has 31 heavy (non-hydrogen) atoms. The lowest BCUT2D eigenvalue weighted by molar-refractivity contribution is 0.102. The van der Waals surface area contributed by atoms with E-state index in [1.807, 2.05) is 30.3 Å². The van der Waals surface area contributed by atoms with Crippen molar-refractivity contribution in [2.75, 3.05) is 11.1 Å². The van der Waals surface area contributed by atoms with Crippen molar-refractivity contribution in [3.05, 3.63) is 78.1 Å². The molecule has 0 bridgehead atoms. The average molecular weight is 427 g/mol. The van der Waals surface area contributed by atoms with Crippen LogP contribution >= 0.6 is 11.3 Å². The number of carbonyl (C=O) groups excluding carboxylic acids is 1. The number of aromatic amines is 1. The van der Waals surface area contributed by atoms with Crippen LogP contribution in [-0.4, -0.2) is 22.3 Å². The van der Waals surface area contributed by atoms with Crippen LogP contribution < -0.4 is 11.1 Å². The summed E-state index contributed by atoms with van der Waals surface area (Å²) in [6.07, 6.45) is 2.73. The lowest BCUT2D eigenvalue weighted by Crippen LogP contribution is -2.13. The van der Waals surface area contributed by atoms with Crippen molar-refractivity contribution in [2.24, 2.45) is 0 Å². The molecule has 0 spiro atoms. The van der Waals surface area contributed by atoms with Crippen molar-refractivity contribution in [3.63, 3.8) is 0 Å². The van der Waals surface area contributed by atoms with Gasteiger partial charge in [0.2, 0.25) is 0 Å². The summed E-state index contributed by atoms with van der Waals surface area (Å²) in [5, 5.41) is 18.6. The predicted molar refractivity (Wildman–Crippen MR) is 124 cm³/mol. The van der Waals surface area contributed by atoms with Gasteiger partial charge in [0.1, 0.15) is 5.69 Å². The number of nitrogens with two attached hydrogens (primary N) is 1. The van der Waals surface area contributed by atoms with E-state index in [4.69, 9.17) is 15.6 Å². The van der Waals surface area contributed by atoms with Gasteiger partial charge < -0.3 is 20.9 Å². The first-order valence-corrected chi connectivity index (χ1v) is 10.3. The van der Waals surface area contributed by atoms with E-state index < -0.39 is 0 Å². The van der Waals surface area contributed by atoms with Crippen LogP contribution in [0.3, 0.4) is 0 Å². The Balaban J connectivity index is 1.49. The van der Waals surface area contributed by atoms with Gasteiger partial charge >= 0.3 is 0 Å². The number of nitrogens with zero attached hydrogens (tertiary/aromatic N) is 1. The van der Waals surface area contributed by atoms with Gasteiger partial charge in [-0.05, 0) is 41.8 Å². The van der Waals surface area contributed by atoms with Crippen LogP contribution in [0.5, 0.6) is 0 Å².